The molecule has 1 saturated heterocycles. The highest BCUT2D eigenvalue weighted by atomic mass is 15.4. The molecule has 2 aliphatic rings. The Morgan fingerprint density at radius 3 is 2.96 bits per heavy atom. The Balaban J connectivity index is 1.32. The van der Waals surface area contributed by atoms with E-state index in [0.717, 1.165) is 54.6 Å². The number of allylic oxidation sites excluding steroid dienone is 1. The second-order valence-corrected chi connectivity index (χ2v) is 7.48. The molecule has 6 heteroatoms. The molecule has 3 aromatic rings. The van der Waals surface area contributed by atoms with E-state index in [1.807, 2.05) is 22.9 Å². The normalized spacial score (nSPS) is 22.0. The van der Waals surface area contributed by atoms with Crippen molar-refractivity contribution in [3.8, 4) is 5.69 Å². The summed E-state index contributed by atoms with van der Waals surface area (Å²) in [5.74, 6) is 0. The molecule has 0 amide bonds. The lowest BCUT2D eigenvalue weighted by atomic mass is 10.1. The second-order valence-electron chi connectivity index (χ2n) is 7.48. The molecule has 0 bridgehead atoms. The standard InChI is InChI=1S/C21H24N6/c1-14-6-8-16(24-23-14)13-22-19-11-7-15-12-17(9-10-18(15)19)27-21-5-3-2-4-20(21)25-26-27/h2-5,9-10,12,16,19,22-24H,1,6-8,11,13H2. The number of hydrogen-bond donors (Lipinski definition) is 3. The minimum absolute atomic E-state index is 0.425. The van der Waals surface area contributed by atoms with Crippen LogP contribution >= 0.6 is 0 Å². The van der Waals surface area contributed by atoms with Crippen molar-refractivity contribution in [2.45, 2.75) is 37.8 Å². The smallest absolute Gasteiger partial charge is 0.113 e. The molecule has 3 N–H and O–H groups in total. The van der Waals surface area contributed by atoms with Crippen LogP contribution in [0.5, 0.6) is 0 Å². The van der Waals surface area contributed by atoms with E-state index in [1.165, 1.54) is 11.1 Å². The first-order chi connectivity index (χ1) is 13.3. The van der Waals surface area contributed by atoms with Crippen molar-refractivity contribution in [1.29, 1.82) is 0 Å². The summed E-state index contributed by atoms with van der Waals surface area (Å²) < 4.78 is 1.93. The molecule has 1 aliphatic heterocycles. The maximum atomic E-state index is 4.34. The Morgan fingerprint density at radius 1 is 1.15 bits per heavy atom. The fourth-order valence-corrected chi connectivity index (χ4v) is 4.13. The summed E-state index contributed by atoms with van der Waals surface area (Å²) >= 11 is 0. The molecule has 2 unspecified atom stereocenters. The number of hydrazine groups is 1. The minimum Gasteiger partial charge on any atom is -0.326 e. The third-order valence-electron chi connectivity index (χ3n) is 5.66. The average Bonchev–Trinajstić information content (AvgIpc) is 3.31. The molecule has 27 heavy (non-hydrogen) atoms. The second kappa shape index (κ2) is 6.79. The van der Waals surface area contributed by atoms with Crippen LogP contribution in [-0.2, 0) is 6.42 Å². The summed E-state index contributed by atoms with van der Waals surface area (Å²) in [4.78, 5) is 0. The molecule has 6 nitrogen and oxygen atoms in total. The summed E-state index contributed by atoms with van der Waals surface area (Å²) in [6.07, 6.45) is 4.40. The highest BCUT2D eigenvalue weighted by Crippen LogP contribution is 2.33. The summed E-state index contributed by atoms with van der Waals surface area (Å²) in [5.41, 5.74) is 13.4. The molecular formula is C21H24N6. The number of hydrogen-bond acceptors (Lipinski definition) is 5. The van der Waals surface area contributed by atoms with Gasteiger partial charge in [-0.05, 0) is 61.1 Å². The van der Waals surface area contributed by atoms with E-state index in [0.29, 0.717) is 12.1 Å². The molecule has 138 valence electrons. The number of rotatable bonds is 4. The van der Waals surface area contributed by atoms with Gasteiger partial charge in [0, 0.05) is 24.3 Å². The molecule has 0 spiro atoms. The summed E-state index contributed by atoms with van der Waals surface area (Å²) in [7, 11) is 0. The lowest BCUT2D eigenvalue weighted by Gasteiger charge is -2.28. The van der Waals surface area contributed by atoms with E-state index in [4.69, 9.17) is 0 Å². The predicted octanol–water partition coefficient (Wildman–Crippen LogP) is 2.77. The first-order valence-corrected chi connectivity index (χ1v) is 9.64. The van der Waals surface area contributed by atoms with E-state index in [1.54, 1.807) is 0 Å². The van der Waals surface area contributed by atoms with Gasteiger partial charge in [0.1, 0.15) is 5.52 Å². The first-order valence-electron chi connectivity index (χ1n) is 9.64. The number of aromatic nitrogens is 3. The maximum Gasteiger partial charge on any atom is 0.113 e. The van der Waals surface area contributed by atoms with Crippen molar-refractivity contribution in [3.05, 3.63) is 65.9 Å². The van der Waals surface area contributed by atoms with Gasteiger partial charge < -0.3 is 10.7 Å². The van der Waals surface area contributed by atoms with Crippen LogP contribution in [0.15, 0.2) is 54.7 Å². The first kappa shape index (κ1) is 16.5. The number of nitrogens with zero attached hydrogens (tertiary/aromatic N) is 3. The lowest BCUT2D eigenvalue weighted by molar-refractivity contribution is 0.353. The van der Waals surface area contributed by atoms with Gasteiger partial charge in [-0.25, -0.2) is 10.1 Å². The lowest BCUT2D eigenvalue weighted by Crippen LogP contribution is -2.49. The molecule has 2 heterocycles. The van der Waals surface area contributed by atoms with Gasteiger partial charge in [-0.3, -0.25) is 0 Å². The summed E-state index contributed by atoms with van der Waals surface area (Å²) in [6, 6.07) is 15.6. The van der Waals surface area contributed by atoms with Crippen LogP contribution in [0, 0.1) is 0 Å². The largest absolute Gasteiger partial charge is 0.326 e. The van der Waals surface area contributed by atoms with E-state index < -0.39 is 0 Å². The molecule has 0 saturated carbocycles. The molecular weight excluding hydrogens is 336 g/mol. The number of nitrogens with one attached hydrogen (secondary N) is 3. The van der Waals surface area contributed by atoms with Gasteiger partial charge in [0.05, 0.1) is 11.2 Å². The highest BCUT2D eigenvalue weighted by molar-refractivity contribution is 5.76. The van der Waals surface area contributed by atoms with Gasteiger partial charge >= 0.3 is 0 Å². The topological polar surface area (TPSA) is 66.8 Å². The number of fused-ring (bicyclic) bond motifs is 2. The van der Waals surface area contributed by atoms with Crippen molar-refractivity contribution < 1.29 is 0 Å². The quantitative estimate of drug-likeness (QED) is 0.668. The van der Waals surface area contributed by atoms with E-state index >= 15 is 0 Å². The molecule has 1 aromatic heterocycles. The van der Waals surface area contributed by atoms with E-state index in [-0.39, 0.29) is 0 Å². The fourth-order valence-electron chi connectivity index (χ4n) is 4.13. The van der Waals surface area contributed by atoms with Crippen molar-refractivity contribution in [2.24, 2.45) is 0 Å². The van der Waals surface area contributed by atoms with Crippen LogP contribution in [0.1, 0.15) is 36.4 Å². The maximum absolute atomic E-state index is 4.34. The van der Waals surface area contributed by atoms with Crippen molar-refractivity contribution in [3.63, 3.8) is 0 Å². The van der Waals surface area contributed by atoms with E-state index in [2.05, 4.69) is 57.3 Å². The summed E-state index contributed by atoms with van der Waals surface area (Å²) in [6.45, 7) is 4.92. The van der Waals surface area contributed by atoms with Crippen LogP contribution in [-0.4, -0.2) is 27.6 Å². The molecule has 0 radical (unpaired) electrons. The SMILES string of the molecule is C=C1CCC(CNC2CCc3cc(-n4nnc5ccccc54)ccc32)NN1. The van der Waals surface area contributed by atoms with Crippen molar-refractivity contribution in [2.75, 3.05) is 6.54 Å². The van der Waals surface area contributed by atoms with Crippen LogP contribution < -0.4 is 16.2 Å². The molecule has 5 rings (SSSR count). The predicted molar refractivity (Wildman–Crippen MR) is 106 cm³/mol. The van der Waals surface area contributed by atoms with Crippen LogP contribution in [0.3, 0.4) is 0 Å². The third kappa shape index (κ3) is 3.11. The zero-order valence-electron chi connectivity index (χ0n) is 15.3. The number of benzene rings is 2. The highest BCUT2D eigenvalue weighted by Gasteiger charge is 2.24. The van der Waals surface area contributed by atoms with Crippen molar-refractivity contribution >= 4 is 11.0 Å². The van der Waals surface area contributed by atoms with E-state index in [9.17, 15) is 0 Å². The van der Waals surface area contributed by atoms with Crippen LogP contribution in [0.2, 0.25) is 0 Å². The van der Waals surface area contributed by atoms with Gasteiger partial charge in [-0.15, -0.1) is 5.10 Å². The monoisotopic (exact) mass is 360 g/mol. The third-order valence-corrected chi connectivity index (χ3v) is 5.66. The van der Waals surface area contributed by atoms with Crippen molar-refractivity contribution in [1.82, 2.24) is 31.2 Å². The van der Waals surface area contributed by atoms with Gasteiger partial charge in [0.2, 0.25) is 0 Å². The molecule has 1 aliphatic carbocycles. The Kier molecular flexibility index (Phi) is 4.14. The van der Waals surface area contributed by atoms with Gasteiger partial charge in [0.25, 0.3) is 0 Å². The van der Waals surface area contributed by atoms with Crippen LogP contribution in [0.4, 0.5) is 0 Å². The van der Waals surface area contributed by atoms with Gasteiger partial charge in [0.15, 0.2) is 0 Å². The zero-order chi connectivity index (χ0) is 18.2. The molecule has 1 fully saturated rings. The van der Waals surface area contributed by atoms with Gasteiger partial charge in [-0.2, -0.15) is 0 Å². The Hall–Kier alpha value is -2.70. The molecule has 2 atom stereocenters. The fraction of sp³-hybridized carbons (Fsp3) is 0.333. The Labute approximate surface area is 158 Å². The Morgan fingerprint density at radius 2 is 2.07 bits per heavy atom. The van der Waals surface area contributed by atoms with Crippen LogP contribution in [0.25, 0.3) is 16.7 Å². The van der Waals surface area contributed by atoms with Gasteiger partial charge in [-0.1, -0.05) is 30.0 Å². The number of para-hydroxylation sites is 1. The molecule has 2 aromatic carbocycles. The Bertz CT molecular complexity index is 981. The zero-order valence-corrected chi connectivity index (χ0v) is 15.3. The number of aryl methyl sites for hydroxylation is 1. The summed E-state index contributed by atoms with van der Waals surface area (Å²) in [5, 5.41) is 12.4. The minimum atomic E-state index is 0.425. The average molecular weight is 360 g/mol.